The van der Waals surface area contributed by atoms with Crippen molar-refractivity contribution in [1.82, 2.24) is 0 Å². The third kappa shape index (κ3) is 2.90. The van der Waals surface area contributed by atoms with Gasteiger partial charge in [-0.2, -0.15) is 0 Å². The first-order chi connectivity index (χ1) is 8.06. The average Bonchev–Trinajstić information content (AvgIpc) is 2.27. The highest BCUT2D eigenvalue weighted by atomic mass is 79.9. The van der Waals surface area contributed by atoms with E-state index in [4.69, 9.17) is 17.3 Å². The van der Waals surface area contributed by atoms with Crippen molar-refractivity contribution in [3.63, 3.8) is 0 Å². The van der Waals surface area contributed by atoms with Gasteiger partial charge in [0.1, 0.15) is 5.82 Å². The van der Waals surface area contributed by atoms with Crippen LogP contribution in [0.1, 0.15) is 0 Å². The van der Waals surface area contributed by atoms with Crippen LogP contribution in [0.5, 0.6) is 0 Å². The van der Waals surface area contributed by atoms with Gasteiger partial charge in [-0.15, -0.1) is 0 Å². The number of hydrogen-bond acceptors (Lipinski definition) is 2. The Bertz CT molecular complexity index is 560. The zero-order chi connectivity index (χ0) is 12.4. The third-order valence-corrected chi connectivity index (χ3v) is 3.15. The predicted molar refractivity (Wildman–Crippen MR) is 73.2 cm³/mol. The van der Waals surface area contributed by atoms with Crippen molar-refractivity contribution in [2.45, 2.75) is 0 Å². The van der Waals surface area contributed by atoms with Crippen molar-refractivity contribution in [3.05, 3.63) is 51.7 Å². The molecule has 0 aromatic heterocycles. The van der Waals surface area contributed by atoms with E-state index in [2.05, 4.69) is 21.2 Å². The number of nitrogens with two attached hydrogens (primary N) is 1. The molecular weight excluding hydrogens is 307 g/mol. The highest BCUT2D eigenvalue weighted by molar-refractivity contribution is 9.10. The van der Waals surface area contributed by atoms with Crippen LogP contribution in [0.3, 0.4) is 0 Å². The van der Waals surface area contributed by atoms with Crippen molar-refractivity contribution in [2.24, 2.45) is 0 Å². The monoisotopic (exact) mass is 314 g/mol. The fourth-order valence-corrected chi connectivity index (χ4v) is 1.98. The van der Waals surface area contributed by atoms with Crippen molar-refractivity contribution >= 4 is 44.6 Å². The van der Waals surface area contributed by atoms with Crippen LogP contribution in [0.25, 0.3) is 0 Å². The van der Waals surface area contributed by atoms with E-state index < -0.39 is 5.82 Å². The molecule has 0 aliphatic rings. The summed E-state index contributed by atoms with van der Waals surface area (Å²) >= 11 is 8.98. The molecule has 0 atom stereocenters. The summed E-state index contributed by atoms with van der Waals surface area (Å²) in [6.45, 7) is 0. The molecule has 0 saturated carbocycles. The summed E-state index contributed by atoms with van der Waals surface area (Å²) in [6, 6.07) is 9.89. The lowest BCUT2D eigenvalue weighted by atomic mass is 10.2. The van der Waals surface area contributed by atoms with E-state index in [9.17, 15) is 4.39 Å². The second-order valence-electron chi connectivity index (χ2n) is 3.49. The van der Waals surface area contributed by atoms with Crippen LogP contribution in [0, 0.1) is 5.82 Å². The van der Waals surface area contributed by atoms with E-state index in [-0.39, 0.29) is 5.02 Å². The second-order valence-corrected chi connectivity index (χ2v) is 4.75. The first-order valence-corrected chi connectivity index (χ1v) is 6.00. The molecule has 88 valence electrons. The minimum atomic E-state index is -0.455. The van der Waals surface area contributed by atoms with E-state index >= 15 is 0 Å². The minimum absolute atomic E-state index is 0.104. The maximum absolute atomic E-state index is 13.2. The molecule has 2 nitrogen and oxygen atoms in total. The number of halogens is 3. The Morgan fingerprint density at radius 3 is 2.59 bits per heavy atom. The Morgan fingerprint density at radius 2 is 1.94 bits per heavy atom. The van der Waals surface area contributed by atoms with E-state index in [1.807, 2.05) is 6.07 Å². The Kier molecular flexibility index (Phi) is 3.54. The van der Waals surface area contributed by atoms with Crippen LogP contribution < -0.4 is 11.1 Å². The standard InChI is InChI=1S/C12H9BrClFN2/c13-9-5-7(16)1-4-12(9)17-8-2-3-10(14)11(15)6-8/h1-6,17H,16H2. The summed E-state index contributed by atoms with van der Waals surface area (Å²) in [5, 5.41) is 3.17. The molecule has 2 aromatic rings. The molecular formula is C12H9BrClFN2. The average molecular weight is 316 g/mol. The van der Waals surface area contributed by atoms with Crippen LogP contribution in [0.2, 0.25) is 5.02 Å². The quantitative estimate of drug-likeness (QED) is 0.797. The lowest BCUT2D eigenvalue weighted by Gasteiger charge is -2.09. The topological polar surface area (TPSA) is 38.0 Å². The molecule has 2 aromatic carbocycles. The number of benzene rings is 2. The molecule has 0 spiro atoms. The van der Waals surface area contributed by atoms with Crippen molar-refractivity contribution < 1.29 is 4.39 Å². The van der Waals surface area contributed by atoms with Gasteiger partial charge in [-0.05, 0) is 52.3 Å². The van der Waals surface area contributed by atoms with Gasteiger partial charge in [-0.1, -0.05) is 11.6 Å². The summed E-state index contributed by atoms with van der Waals surface area (Å²) in [6.07, 6.45) is 0. The van der Waals surface area contributed by atoms with Gasteiger partial charge in [0.15, 0.2) is 0 Å². The number of nitrogen functional groups attached to an aromatic ring is 1. The normalized spacial score (nSPS) is 10.3. The molecule has 2 rings (SSSR count). The molecule has 0 amide bonds. The van der Waals surface area contributed by atoms with E-state index in [1.165, 1.54) is 12.1 Å². The first-order valence-electron chi connectivity index (χ1n) is 4.83. The minimum Gasteiger partial charge on any atom is -0.399 e. The fraction of sp³-hybridized carbons (Fsp3) is 0. The van der Waals surface area contributed by atoms with Gasteiger partial charge in [0.05, 0.1) is 10.7 Å². The van der Waals surface area contributed by atoms with Crippen molar-refractivity contribution in [1.29, 1.82) is 0 Å². The Labute approximate surface area is 112 Å². The molecule has 0 fully saturated rings. The Hall–Kier alpha value is -1.26. The summed E-state index contributed by atoms with van der Waals surface area (Å²) in [4.78, 5) is 0. The summed E-state index contributed by atoms with van der Waals surface area (Å²) in [5.74, 6) is -0.455. The largest absolute Gasteiger partial charge is 0.399 e. The van der Waals surface area contributed by atoms with E-state index in [0.29, 0.717) is 11.4 Å². The molecule has 0 aliphatic heterocycles. The molecule has 0 heterocycles. The molecule has 17 heavy (non-hydrogen) atoms. The van der Waals surface area contributed by atoms with Gasteiger partial charge in [0.2, 0.25) is 0 Å². The Balaban J connectivity index is 2.28. The van der Waals surface area contributed by atoms with Crippen LogP contribution in [-0.4, -0.2) is 0 Å². The van der Waals surface area contributed by atoms with Gasteiger partial charge >= 0.3 is 0 Å². The van der Waals surface area contributed by atoms with Gasteiger partial charge in [-0.25, -0.2) is 4.39 Å². The summed E-state index contributed by atoms with van der Waals surface area (Å²) in [7, 11) is 0. The molecule has 0 saturated heterocycles. The SMILES string of the molecule is Nc1ccc(Nc2ccc(Cl)c(F)c2)c(Br)c1. The van der Waals surface area contributed by atoms with Crippen LogP contribution in [-0.2, 0) is 0 Å². The highest BCUT2D eigenvalue weighted by Gasteiger charge is 2.04. The smallest absolute Gasteiger partial charge is 0.143 e. The number of nitrogens with one attached hydrogen (secondary N) is 1. The zero-order valence-corrected chi connectivity index (χ0v) is 11.0. The lowest BCUT2D eigenvalue weighted by Crippen LogP contribution is -1.93. The van der Waals surface area contributed by atoms with Gasteiger partial charge in [0, 0.05) is 15.8 Å². The van der Waals surface area contributed by atoms with E-state index in [0.717, 1.165) is 10.2 Å². The van der Waals surface area contributed by atoms with Crippen molar-refractivity contribution in [3.8, 4) is 0 Å². The van der Waals surface area contributed by atoms with Gasteiger partial charge < -0.3 is 11.1 Å². The maximum Gasteiger partial charge on any atom is 0.143 e. The summed E-state index contributed by atoms with van der Waals surface area (Å²) in [5.41, 5.74) is 7.72. The molecule has 0 aliphatic carbocycles. The van der Waals surface area contributed by atoms with Crippen LogP contribution in [0.15, 0.2) is 40.9 Å². The summed E-state index contributed by atoms with van der Waals surface area (Å²) < 4.78 is 14.1. The third-order valence-electron chi connectivity index (χ3n) is 2.19. The molecule has 0 radical (unpaired) electrons. The molecule has 0 unspecified atom stereocenters. The second kappa shape index (κ2) is 4.94. The number of rotatable bonds is 2. The Morgan fingerprint density at radius 1 is 1.18 bits per heavy atom. The van der Waals surface area contributed by atoms with Crippen molar-refractivity contribution in [2.75, 3.05) is 11.1 Å². The first kappa shape index (κ1) is 12.2. The van der Waals surface area contributed by atoms with Gasteiger partial charge in [0.25, 0.3) is 0 Å². The molecule has 5 heteroatoms. The molecule has 0 bridgehead atoms. The zero-order valence-electron chi connectivity index (χ0n) is 8.68. The highest BCUT2D eigenvalue weighted by Crippen LogP contribution is 2.28. The lowest BCUT2D eigenvalue weighted by molar-refractivity contribution is 0.629. The fourth-order valence-electron chi connectivity index (χ4n) is 1.36. The number of hydrogen-bond donors (Lipinski definition) is 2. The number of anilines is 3. The van der Waals surface area contributed by atoms with Crippen LogP contribution >= 0.6 is 27.5 Å². The predicted octanol–water partition coefficient (Wildman–Crippen LogP) is 4.57. The molecule has 3 N–H and O–H groups in total. The van der Waals surface area contributed by atoms with Gasteiger partial charge in [-0.3, -0.25) is 0 Å². The van der Waals surface area contributed by atoms with E-state index in [1.54, 1.807) is 18.2 Å². The van der Waals surface area contributed by atoms with Crippen LogP contribution in [0.4, 0.5) is 21.5 Å². The maximum atomic E-state index is 13.2.